The molecule has 0 saturated carbocycles. The zero-order chi connectivity index (χ0) is 16.4. The van der Waals surface area contributed by atoms with Crippen molar-refractivity contribution in [1.82, 2.24) is 4.90 Å². The monoisotopic (exact) mass is 308 g/mol. The molecule has 0 fully saturated rings. The van der Waals surface area contributed by atoms with Crippen molar-refractivity contribution in [3.63, 3.8) is 0 Å². The lowest BCUT2D eigenvalue weighted by atomic mass is 10.1. The smallest absolute Gasteiger partial charge is 0.259 e. The average Bonchev–Trinajstić information content (AvgIpc) is 2.37. The van der Waals surface area contributed by atoms with Gasteiger partial charge in [0.05, 0.1) is 13.8 Å². The molecular weight excluding hydrogens is 280 g/mol. The van der Waals surface area contributed by atoms with Crippen molar-refractivity contribution in [3.8, 4) is 5.75 Å². The van der Waals surface area contributed by atoms with Gasteiger partial charge in [-0.25, -0.2) is 0 Å². The van der Waals surface area contributed by atoms with Gasteiger partial charge in [0.1, 0.15) is 11.3 Å². The minimum Gasteiger partial charge on any atom is -0.507 e. The molecule has 1 rings (SSSR count). The Morgan fingerprint density at radius 1 is 1.14 bits per heavy atom. The van der Waals surface area contributed by atoms with Crippen LogP contribution in [0.1, 0.15) is 24.2 Å². The molecule has 0 unspecified atom stereocenters. The molecule has 1 aromatic rings. The largest absolute Gasteiger partial charge is 0.507 e. The van der Waals surface area contributed by atoms with E-state index in [0.717, 1.165) is 10.9 Å². The van der Waals surface area contributed by atoms with E-state index in [-0.39, 0.29) is 11.7 Å². The van der Waals surface area contributed by atoms with Crippen molar-refractivity contribution >= 4 is 24.9 Å². The predicted octanol–water partition coefficient (Wildman–Crippen LogP) is 2.49. The second-order valence-electron chi connectivity index (χ2n) is 6.48. The van der Waals surface area contributed by atoms with E-state index in [1.165, 1.54) is 0 Å². The molecule has 21 heavy (non-hydrogen) atoms. The van der Waals surface area contributed by atoms with Crippen LogP contribution in [0.25, 0.3) is 0 Å². The Labute approximate surface area is 129 Å². The molecule has 118 valence electrons. The highest BCUT2D eigenvalue weighted by Gasteiger charge is 2.28. The van der Waals surface area contributed by atoms with Gasteiger partial charge in [-0.2, -0.15) is 0 Å². The molecule has 0 heterocycles. The quantitative estimate of drug-likeness (QED) is 0.850. The molecule has 0 aliphatic carbocycles. The average molecular weight is 308 g/mol. The van der Waals surface area contributed by atoms with Crippen LogP contribution in [0, 0.1) is 0 Å². The van der Waals surface area contributed by atoms with Crippen LogP contribution >= 0.6 is 0 Å². The number of carbonyl (C=O) groups excluding carboxylic acids is 1. The van der Waals surface area contributed by atoms with E-state index in [2.05, 4.69) is 19.6 Å². The van der Waals surface area contributed by atoms with Crippen LogP contribution < -0.4 is 10.1 Å². The summed E-state index contributed by atoms with van der Waals surface area (Å²) in [7, 11) is 2.07. The maximum Gasteiger partial charge on any atom is 0.259 e. The summed E-state index contributed by atoms with van der Waals surface area (Å²) >= 11 is 0. The number of phenols is 1. The topological polar surface area (TPSA) is 43.8 Å². The first-order chi connectivity index (χ1) is 9.65. The standard InChI is InChI=1S/C16H28N2O2Si/c1-8-18(9-2)16(20)14-12(17(3)4)10-11-13(15(14)19)21(5,6)7/h10-11,19H,8-9H2,1-7H3. The second kappa shape index (κ2) is 6.51. The number of rotatable bonds is 5. The lowest BCUT2D eigenvalue weighted by Crippen LogP contribution is -2.40. The van der Waals surface area contributed by atoms with Gasteiger partial charge in [0.25, 0.3) is 5.91 Å². The van der Waals surface area contributed by atoms with Gasteiger partial charge >= 0.3 is 0 Å². The number of benzene rings is 1. The van der Waals surface area contributed by atoms with Gasteiger partial charge in [-0.15, -0.1) is 0 Å². The van der Waals surface area contributed by atoms with E-state index in [1.807, 2.05) is 45.0 Å². The van der Waals surface area contributed by atoms with Crippen molar-refractivity contribution < 1.29 is 9.90 Å². The van der Waals surface area contributed by atoms with Crippen LogP contribution in [0.15, 0.2) is 12.1 Å². The van der Waals surface area contributed by atoms with Crippen molar-refractivity contribution in [2.75, 3.05) is 32.1 Å². The zero-order valence-electron chi connectivity index (χ0n) is 14.3. The molecule has 0 aromatic heterocycles. The first kappa shape index (κ1) is 17.6. The zero-order valence-corrected chi connectivity index (χ0v) is 15.3. The second-order valence-corrected chi connectivity index (χ2v) is 11.5. The molecule has 0 bridgehead atoms. The Kier molecular flexibility index (Phi) is 5.45. The summed E-state index contributed by atoms with van der Waals surface area (Å²) < 4.78 is 0. The molecule has 0 radical (unpaired) electrons. The third kappa shape index (κ3) is 3.58. The minimum absolute atomic E-state index is 0.0960. The van der Waals surface area contributed by atoms with Crippen LogP contribution in [0.3, 0.4) is 0 Å². The summed E-state index contributed by atoms with van der Waals surface area (Å²) in [6, 6.07) is 3.92. The van der Waals surface area contributed by atoms with Gasteiger partial charge in [0, 0.05) is 27.2 Å². The molecule has 4 nitrogen and oxygen atoms in total. The summed E-state index contributed by atoms with van der Waals surface area (Å²) in [5.74, 6) is 0.0681. The Bertz CT molecular complexity index is 518. The first-order valence-electron chi connectivity index (χ1n) is 7.48. The highest BCUT2D eigenvalue weighted by molar-refractivity contribution is 6.89. The van der Waals surface area contributed by atoms with Crippen LogP contribution in [-0.2, 0) is 0 Å². The Hall–Kier alpha value is -1.49. The van der Waals surface area contributed by atoms with Crippen molar-refractivity contribution in [2.45, 2.75) is 33.5 Å². The van der Waals surface area contributed by atoms with Crippen molar-refractivity contribution in [2.24, 2.45) is 0 Å². The SMILES string of the molecule is CCN(CC)C(=O)c1c(N(C)C)ccc([Si](C)(C)C)c1O. The van der Waals surface area contributed by atoms with Gasteiger partial charge in [-0.3, -0.25) is 4.79 Å². The Morgan fingerprint density at radius 3 is 2.05 bits per heavy atom. The highest BCUT2D eigenvalue weighted by atomic mass is 28.3. The summed E-state index contributed by atoms with van der Waals surface area (Å²) in [5, 5.41) is 11.7. The fraction of sp³-hybridized carbons (Fsp3) is 0.562. The Balaban J connectivity index is 3.55. The number of carbonyl (C=O) groups is 1. The van der Waals surface area contributed by atoms with Crippen LogP contribution in [0.5, 0.6) is 5.75 Å². The fourth-order valence-corrected chi connectivity index (χ4v) is 3.86. The maximum absolute atomic E-state index is 12.8. The summed E-state index contributed by atoms with van der Waals surface area (Å²) in [4.78, 5) is 16.4. The molecule has 1 amide bonds. The van der Waals surface area contributed by atoms with Gasteiger partial charge in [-0.1, -0.05) is 25.7 Å². The molecule has 0 aliphatic heterocycles. The summed E-state index contributed by atoms with van der Waals surface area (Å²) in [6.07, 6.45) is 0. The predicted molar refractivity (Wildman–Crippen MR) is 92.7 cm³/mol. The number of nitrogens with zero attached hydrogens (tertiary/aromatic N) is 2. The summed E-state index contributed by atoms with van der Waals surface area (Å²) in [5.41, 5.74) is 1.20. The molecule has 0 aliphatic rings. The maximum atomic E-state index is 12.8. The lowest BCUT2D eigenvalue weighted by molar-refractivity contribution is 0.0771. The van der Waals surface area contributed by atoms with E-state index in [4.69, 9.17) is 0 Å². The third-order valence-corrected chi connectivity index (χ3v) is 5.73. The van der Waals surface area contributed by atoms with Crippen LogP contribution in [0.2, 0.25) is 19.6 Å². The van der Waals surface area contributed by atoms with E-state index >= 15 is 0 Å². The molecule has 0 saturated heterocycles. The first-order valence-corrected chi connectivity index (χ1v) is 11.0. The van der Waals surface area contributed by atoms with Crippen LogP contribution in [0.4, 0.5) is 5.69 Å². The molecule has 0 atom stereocenters. The number of anilines is 1. The summed E-state index contributed by atoms with van der Waals surface area (Å²) in [6.45, 7) is 11.7. The number of hydrogen-bond donors (Lipinski definition) is 1. The number of aromatic hydroxyl groups is 1. The van der Waals surface area contributed by atoms with Gasteiger partial charge in [-0.05, 0) is 25.1 Å². The normalized spacial score (nSPS) is 11.4. The lowest BCUT2D eigenvalue weighted by Gasteiger charge is -2.27. The minimum atomic E-state index is -1.71. The number of phenolic OH excluding ortho intramolecular Hbond substituents is 1. The highest BCUT2D eigenvalue weighted by Crippen LogP contribution is 2.29. The molecular formula is C16H28N2O2Si. The van der Waals surface area contributed by atoms with Gasteiger partial charge in [0.15, 0.2) is 0 Å². The van der Waals surface area contributed by atoms with E-state index in [1.54, 1.807) is 4.90 Å². The molecule has 0 spiro atoms. The third-order valence-electron chi connectivity index (χ3n) is 3.71. The van der Waals surface area contributed by atoms with Crippen LogP contribution in [-0.4, -0.2) is 51.2 Å². The van der Waals surface area contributed by atoms with E-state index in [0.29, 0.717) is 18.7 Å². The van der Waals surface area contributed by atoms with Crippen molar-refractivity contribution in [1.29, 1.82) is 0 Å². The van der Waals surface area contributed by atoms with Gasteiger partial charge < -0.3 is 14.9 Å². The van der Waals surface area contributed by atoms with Crippen molar-refractivity contribution in [3.05, 3.63) is 17.7 Å². The Morgan fingerprint density at radius 2 is 1.67 bits per heavy atom. The number of hydrogen-bond acceptors (Lipinski definition) is 3. The van der Waals surface area contributed by atoms with E-state index in [9.17, 15) is 9.90 Å². The van der Waals surface area contributed by atoms with E-state index < -0.39 is 8.07 Å². The molecule has 1 N–H and O–H groups in total. The van der Waals surface area contributed by atoms with Gasteiger partial charge in [0.2, 0.25) is 0 Å². The number of amides is 1. The fourth-order valence-electron chi connectivity index (χ4n) is 2.44. The molecule has 1 aromatic carbocycles. The molecule has 5 heteroatoms.